The van der Waals surface area contributed by atoms with E-state index in [0.717, 1.165) is 24.8 Å². The molecule has 0 saturated heterocycles. The second-order valence-electron chi connectivity index (χ2n) is 6.82. The van der Waals surface area contributed by atoms with Crippen LogP contribution in [0, 0.1) is 29.4 Å². The Hall–Kier alpha value is -0.960. The van der Waals surface area contributed by atoms with Gasteiger partial charge in [-0.25, -0.2) is 8.78 Å². The molecule has 2 saturated carbocycles. The molecule has 1 aromatic rings. The van der Waals surface area contributed by atoms with Crippen molar-refractivity contribution in [1.82, 2.24) is 5.32 Å². The first-order chi connectivity index (χ1) is 10.2. The number of benzene rings is 1. The number of halogens is 2. The van der Waals surface area contributed by atoms with Gasteiger partial charge in [0.05, 0.1) is 0 Å². The first-order valence-corrected chi connectivity index (χ1v) is 8.35. The lowest BCUT2D eigenvalue weighted by Crippen LogP contribution is -2.41. The van der Waals surface area contributed by atoms with E-state index in [2.05, 4.69) is 12.2 Å². The van der Waals surface area contributed by atoms with Crippen molar-refractivity contribution in [3.05, 3.63) is 35.4 Å². The smallest absolute Gasteiger partial charge is 0.162 e. The standard InChI is InChI=1S/C18H25F2N/c1-2-8-21-17(15-10-12-6-7-13(15)9-12)11-14-4-3-5-16(19)18(14)20/h3-5,12-13,15,17,21H,2,6-11H2,1H3. The minimum Gasteiger partial charge on any atom is -0.313 e. The molecule has 1 nitrogen and oxygen atoms in total. The first-order valence-electron chi connectivity index (χ1n) is 8.35. The van der Waals surface area contributed by atoms with E-state index in [-0.39, 0.29) is 6.04 Å². The highest BCUT2D eigenvalue weighted by Crippen LogP contribution is 2.50. The Labute approximate surface area is 126 Å². The average molecular weight is 293 g/mol. The highest BCUT2D eigenvalue weighted by Gasteiger charge is 2.42. The lowest BCUT2D eigenvalue weighted by molar-refractivity contribution is 0.245. The molecule has 116 valence electrons. The van der Waals surface area contributed by atoms with Gasteiger partial charge in [-0.3, -0.25) is 0 Å². The summed E-state index contributed by atoms with van der Waals surface area (Å²) in [5, 5.41) is 3.60. The van der Waals surface area contributed by atoms with E-state index in [1.165, 1.54) is 31.7 Å². The quantitative estimate of drug-likeness (QED) is 0.824. The van der Waals surface area contributed by atoms with Gasteiger partial charge in [0.1, 0.15) is 0 Å². The van der Waals surface area contributed by atoms with E-state index in [0.29, 0.717) is 17.9 Å². The summed E-state index contributed by atoms with van der Waals surface area (Å²) in [7, 11) is 0. The molecule has 0 aromatic heterocycles. The minimum absolute atomic E-state index is 0.288. The van der Waals surface area contributed by atoms with Crippen LogP contribution >= 0.6 is 0 Å². The Bertz CT molecular complexity index is 488. The normalized spacial score (nSPS) is 29.0. The third-order valence-corrected chi connectivity index (χ3v) is 5.44. The van der Waals surface area contributed by atoms with Gasteiger partial charge < -0.3 is 5.32 Å². The van der Waals surface area contributed by atoms with E-state index in [9.17, 15) is 8.78 Å². The van der Waals surface area contributed by atoms with E-state index in [4.69, 9.17) is 0 Å². The zero-order valence-electron chi connectivity index (χ0n) is 12.7. The molecule has 2 aliphatic rings. The Morgan fingerprint density at radius 1 is 1.24 bits per heavy atom. The van der Waals surface area contributed by atoms with E-state index in [1.807, 2.05) is 0 Å². The van der Waals surface area contributed by atoms with Gasteiger partial charge in [-0.2, -0.15) is 0 Å². The molecule has 4 unspecified atom stereocenters. The van der Waals surface area contributed by atoms with Gasteiger partial charge >= 0.3 is 0 Å². The van der Waals surface area contributed by atoms with Crippen LogP contribution in [0.4, 0.5) is 8.78 Å². The van der Waals surface area contributed by atoms with Gasteiger partial charge in [0.15, 0.2) is 11.6 Å². The molecule has 0 radical (unpaired) electrons. The van der Waals surface area contributed by atoms with Crippen LogP contribution in [0.5, 0.6) is 0 Å². The van der Waals surface area contributed by atoms with Crippen LogP contribution in [0.1, 0.15) is 44.6 Å². The molecule has 0 spiro atoms. The molecule has 0 aliphatic heterocycles. The van der Waals surface area contributed by atoms with Gasteiger partial charge in [-0.1, -0.05) is 25.5 Å². The molecule has 2 bridgehead atoms. The van der Waals surface area contributed by atoms with Crippen molar-refractivity contribution >= 4 is 0 Å². The maximum absolute atomic E-state index is 14.0. The van der Waals surface area contributed by atoms with Crippen molar-refractivity contribution in [1.29, 1.82) is 0 Å². The second-order valence-corrected chi connectivity index (χ2v) is 6.82. The molecule has 3 heteroatoms. The molecular weight excluding hydrogens is 268 g/mol. The van der Waals surface area contributed by atoms with Crippen LogP contribution in [0.2, 0.25) is 0 Å². The van der Waals surface area contributed by atoms with Gasteiger partial charge in [0, 0.05) is 6.04 Å². The summed E-state index contributed by atoms with van der Waals surface area (Å²) in [6.45, 7) is 3.10. The summed E-state index contributed by atoms with van der Waals surface area (Å²) in [6.07, 6.45) is 6.99. The van der Waals surface area contributed by atoms with Crippen LogP contribution < -0.4 is 5.32 Å². The summed E-state index contributed by atoms with van der Waals surface area (Å²) >= 11 is 0. The van der Waals surface area contributed by atoms with Gasteiger partial charge in [-0.05, 0) is 68.0 Å². The van der Waals surface area contributed by atoms with Crippen LogP contribution in [-0.2, 0) is 6.42 Å². The van der Waals surface area contributed by atoms with Crippen LogP contribution in [-0.4, -0.2) is 12.6 Å². The summed E-state index contributed by atoms with van der Waals surface area (Å²) < 4.78 is 27.4. The Morgan fingerprint density at radius 3 is 2.76 bits per heavy atom. The summed E-state index contributed by atoms with van der Waals surface area (Å²) in [5.74, 6) is 0.917. The fourth-order valence-corrected chi connectivity index (χ4v) is 4.43. The molecule has 2 fully saturated rings. The molecule has 3 rings (SSSR count). The summed E-state index contributed by atoms with van der Waals surface area (Å²) in [6, 6.07) is 4.83. The van der Waals surface area contributed by atoms with E-state index in [1.54, 1.807) is 12.1 Å². The van der Waals surface area contributed by atoms with Gasteiger partial charge in [0.2, 0.25) is 0 Å². The topological polar surface area (TPSA) is 12.0 Å². The minimum atomic E-state index is -0.727. The molecule has 4 atom stereocenters. The van der Waals surface area contributed by atoms with Crippen molar-refractivity contribution in [2.24, 2.45) is 17.8 Å². The summed E-state index contributed by atoms with van der Waals surface area (Å²) in [4.78, 5) is 0. The summed E-state index contributed by atoms with van der Waals surface area (Å²) in [5.41, 5.74) is 0.520. The van der Waals surface area contributed by atoms with Crippen LogP contribution in [0.3, 0.4) is 0 Å². The van der Waals surface area contributed by atoms with Crippen molar-refractivity contribution in [3.63, 3.8) is 0 Å². The largest absolute Gasteiger partial charge is 0.313 e. The van der Waals surface area contributed by atoms with Crippen LogP contribution in [0.15, 0.2) is 18.2 Å². The molecular formula is C18H25F2N. The van der Waals surface area contributed by atoms with Crippen molar-refractivity contribution in [2.45, 2.75) is 51.5 Å². The SMILES string of the molecule is CCCNC(Cc1cccc(F)c1F)C1CC2CCC1C2. The molecule has 1 N–H and O–H groups in total. The predicted octanol–water partition coefficient (Wildman–Crippen LogP) is 4.31. The highest BCUT2D eigenvalue weighted by atomic mass is 19.2. The van der Waals surface area contributed by atoms with Crippen molar-refractivity contribution in [3.8, 4) is 0 Å². The maximum atomic E-state index is 14.0. The van der Waals surface area contributed by atoms with Gasteiger partial charge in [-0.15, -0.1) is 0 Å². The monoisotopic (exact) mass is 293 g/mol. The first kappa shape index (κ1) is 15.0. The van der Waals surface area contributed by atoms with Crippen molar-refractivity contribution < 1.29 is 8.78 Å². The van der Waals surface area contributed by atoms with E-state index >= 15 is 0 Å². The number of hydrogen-bond donors (Lipinski definition) is 1. The fourth-order valence-electron chi connectivity index (χ4n) is 4.43. The highest BCUT2D eigenvalue weighted by molar-refractivity contribution is 5.20. The third-order valence-electron chi connectivity index (χ3n) is 5.44. The second kappa shape index (κ2) is 6.43. The molecule has 0 amide bonds. The zero-order chi connectivity index (χ0) is 14.8. The average Bonchev–Trinajstić information content (AvgIpc) is 3.10. The number of nitrogens with one attached hydrogen (secondary N) is 1. The Morgan fingerprint density at radius 2 is 2.10 bits per heavy atom. The van der Waals surface area contributed by atoms with E-state index < -0.39 is 11.6 Å². The number of rotatable bonds is 6. The molecule has 2 aliphatic carbocycles. The zero-order valence-corrected chi connectivity index (χ0v) is 12.7. The van der Waals surface area contributed by atoms with Crippen molar-refractivity contribution in [2.75, 3.05) is 6.54 Å². The molecule has 0 heterocycles. The van der Waals surface area contributed by atoms with Gasteiger partial charge in [0.25, 0.3) is 0 Å². The molecule has 1 aromatic carbocycles. The number of fused-ring (bicyclic) bond motifs is 2. The Kier molecular flexibility index (Phi) is 4.58. The third kappa shape index (κ3) is 3.13. The fraction of sp³-hybridized carbons (Fsp3) is 0.667. The molecule has 21 heavy (non-hydrogen) atoms. The lowest BCUT2D eigenvalue weighted by Gasteiger charge is -2.31. The number of hydrogen-bond acceptors (Lipinski definition) is 1. The predicted molar refractivity (Wildman–Crippen MR) is 81.1 cm³/mol. The maximum Gasteiger partial charge on any atom is 0.162 e. The Balaban J connectivity index is 1.74. The lowest BCUT2D eigenvalue weighted by atomic mass is 9.81. The van der Waals surface area contributed by atoms with Crippen LogP contribution in [0.25, 0.3) is 0 Å².